The third-order valence-electron chi connectivity index (χ3n) is 2.96. The molecule has 1 aromatic carbocycles. The summed E-state index contributed by atoms with van der Waals surface area (Å²) in [5.41, 5.74) is 6.84. The van der Waals surface area contributed by atoms with Crippen LogP contribution >= 0.6 is 22.6 Å². The van der Waals surface area contributed by atoms with Crippen molar-refractivity contribution in [2.45, 2.75) is 6.54 Å². The summed E-state index contributed by atoms with van der Waals surface area (Å²) >= 11 is 2.14. The highest BCUT2D eigenvalue weighted by atomic mass is 127. The molecule has 20 heavy (non-hydrogen) atoms. The van der Waals surface area contributed by atoms with E-state index in [1.165, 1.54) is 0 Å². The molecule has 1 heterocycles. The van der Waals surface area contributed by atoms with Gasteiger partial charge in [-0.15, -0.1) is 0 Å². The smallest absolute Gasteiger partial charge is 0.135 e. The fraction of sp³-hybridized carbons (Fsp3) is 0.308. The van der Waals surface area contributed by atoms with Gasteiger partial charge in [-0.05, 0) is 22.6 Å². The van der Waals surface area contributed by atoms with Crippen LogP contribution < -0.4 is 19.9 Å². The maximum Gasteiger partial charge on any atom is 0.135 e. The van der Waals surface area contributed by atoms with Crippen LogP contribution in [0, 0.1) is 3.57 Å². The number of nitrogens with two attached hydrogens (primary N) is 1. The maximum atomic E-state index is 5.98. The molecule has 6 nitrogen and oxygen atoms in total. The van der Waals surface area contributed by atoms with Gasteiger partial charge in [0.25, 0.3) is 0 Å². The van der Waals surface area contributed by atoms with Gasteiger partial charge in [-0.2, -0.15) is 5.10 Å². The Labute approximate surface area is 130 Å². The first-order chi connectivity index (χ1) is 9.60. The molecule has 2 aromatic rings. The zero-order valence-corrected chi connectivity index (χ0v) is 13.7. The quantitative estimate of drug-likeness (QED) is 0.794. The molecule has 2 rings (SSSR count). The third kappa shape index (κ3) is 2.77. The second-order valence-corrected chi connectivity index (χ2v) is 5.21. The normalized spacial score (nSPS) is 10.4. The first-order valence-electron chi connectivity index (χ1n) is 5.86. The third-order valence-corrected chi connectivity index (χ3v) is 3.79. The molecule has 7 heteroatoms. The number of ether oxygens (including phenoxy) is 3. The number of rotatable bonds is 5. The largest absolute Gasteiger partial charge is 0.496 e. The molecule has 0 amide bonds. The summed E-state index contributed by atoms with van der Waals surface area (Å²) in [7, 11) is 4.81. The van der Waals surface area contributed by atoms with Crippen molar-refractivity contribution in [1.82, 2.24) is 9.78 Å². The molecule has 0 radical (unpaired) electrons. The van der Waals surface area contributed by atoms with E-state index in [0.29, 0.717) is 29.6 Å². The molecule has 0 saturated carbocycles. The number of anilines is 1. The van der Waals surface area contributed by atoms with Crippen LogP contribution in [0.15, 0.2) is 18.3 Å². The molecule has 0 fully saturated rings. The highest BCUT2D eigenvalue weighted by Gasteiger charge is 2.16. The van der Waals surface area contributed by atoms with Crippen LogP contribution in [0.5, 0.6) is 17.2 Å². The van der Waals surface area contributed by atoms with E-state index in [2.05, 4.69) is 27.7 Å². The zero-order chi connectivity index (χ0) is 14.7. The molecule has 0 aliphatic heterocycles. The molecular formula is C13H16IN3O3. The van der Waals surface area contributed by atoms with Gasteiger partial charge in [0.2, 0.25) is 0 Å². The summed E-state index contributed by atoms with van der Waals surface area (Å²) in [4.78, 5) is 0. The van der Waals surface area contributed by atoms with Gasteiger partial charge < -0.3 is 19.9 Å². The first-order valence-corrected chi connectivity index (χ1v) is 6.94. The van der Waals surface area contributed by atoms with E-state index in [4.69, 9.17) is 19.9 Å². The highest BCUT2D eigenvalue weighted by molar-refractivity contribution is 14.1. The van der Waals surface area contributed by atoms with Crippen LogP contribution in [0.25, 0.3) is 0 Å². The topological polar surface area (TPSA) is 71.5 Å². The van der Waals surface area contributed by atoms with Gasteiger partial charge in [-0.3, -0.25) is 0 Å². The first kappa shape index (κ1) is 14.8. The van der Waals surface area contributed by atoms with Crippen LogP contribution in [0.2, 0.25) is 0 Å². The molecule has 0 aliphatic rings. The van der Waals surface area contributed by atoms with Crippen LogP contribution in [0.1, 0.15) is 5.56 Å². The number of halogens is 1. The second-order valence-electron chi connectivity index (χ2n) is 4.05. The highest BCUT2D eigenvalue weighted by Crippen LogP contribution is 2.35. The average Bonchev–Trinajstić information content (AvgIpc) is 2.79. The lowest BCUT2D eigenvalue weighted by Gasteiger charge is -2.15. The monoisotopic (exact) mass is 389 g/mol. The van der Waals surface area contributed by atoms with Crippen LogP contribution in [-0.2, 0) is 6.54 Å². The SMILES string of the molecule is COc1cc(OC)c(Cn2ncc(I)c2N)c(OC)c1. The summed E-state index contributed by atoms with van der Waals surface area (Å²) < 4.78 is 18.6. The number of nitrogen functional groups attached to an aromatic ring is 1. The summed E-state index contributed by atoms with van der Waals surface area (Å²) in [6, 6.07) is 3.62. The molecule has 0 atom stereocenters. The Hall–Kier alpha value is -1.64. The standard InChI is InChI=1S/C13H16IN3O3/c1-18-8-4-11(19-2)9(12(5-8)20-3)7-17-13(15)10(14)6-16-17/h4-6H,7,15H2,1-3H3. The lowest BCUT2D eigenvalue weighted by atomic mass is 10.1. The van der Waals surface area contributed by atoms with Gasteiger partial charge in [0.15, 0.2) is 0 Å². The fourth-order valence-corrected chi connectivity index (χ4v) is 2.28. The number of aromatic nitrogens is 2. The predicted molar refractivity (Wildman–Crippen MR) is 84.6 cm³/mol. The van der Waals surface area contributed by atoms with Crippen molar-refractivity contribution in [2.24, 2.45) is 0 Å². The van der Waals surface area contributed by atoms with E-state index in [9.17, 15) is 0 Å². The van der Waals surface area contributed by atoms with Gasteiger partial charge in [0, 0.05) is 12.1 Å². The summed E-state index contributed by atoms with van der Waals surface area (Å²) in [6.07, 6.45) is 1.72. The van der Waals surface area contributed by atoms with Crippen molar-refractivity contribution < 1.29 is 14.2 Å². The van der Waals surface area contributed by atoms with E-state index in [1.54, 1.807) is 32.2 Å². The minimum absolute atomic E-state index is 0.463. The van der Waals surface area contributed by atoms with Crippen LogP contribution in [0.4, 0.5) is 5.82 Å². The lowest BCUT2D eigenvalue weighted by Crippen LogP contribution is -2.09. The van der Waals surface area contributed by atoms with E-state index in [0.717, 1.165) is 9.13 Å². The van der Waals surface area contributed by atoms with E-state index in [1.807, 2.05) is 12.1 Å². The Kier molecular flexibility index (Phi) is 4.58. The second kappa shape index (κ2) is 6.21. The van der Waals surface area contributed by atoms with Crippen molar-refractivity contribution >= 4 is 28.4 Å². The van der Waals surface area contributed by atoms with E-state index in [-0.39, 0.29) is 0 Å². The van der Waals surface area contributed by atoms with Crippen LogP contribution in [-0.4, -0.2) is 31.1 Å². The molecule has 0 spiro atoms. The Morgan fingerprint density at radius 1 is 1.15 bits per heavy atom. The number of methoxy groups -OCH3 is 3. The Morgan fingerprint density at radius 3 is 2.15 bits per heavy atom. The molecule has 0 saturated heterocycles. The fourth-order valence-electron chi connectivity index (χ4n) is 1.88. The van der Waals surface area contributed by atoms with Crippen molar-refractivity contribution in [3.05, 3.63) is 27.5 Å². The zero-order valence-electron chi connectivity index (χ0n) is 11.5. The number of hydrogen-bond donors (Lipinski definition) is 1. The minimum Gasteiger partial charge on any atom is -0.496 e. The van der Waals surface area contributed by atoms with Gasteiger partial charge >= 0.3 is 0 Å². The Balaban J connectivity index is 2.46. The van der Waals surface area contributed by atoms with Crippen molar-refractivity contribution in [3.63, 3.8) is 0 Å². The maximum absolute atomic E-state index is 5.98. The van der Waals surface area contributed by atoms with E-state index < -0.39 is 0 Å². The molecule has 108 valence electrons. The number of nitrogens with zero attached hydrogens (tertiary/aromatic N) is 2. The lowest BCUT2D eigenvalue weighted by molar-refractivity contribution is 0.366. The molecule has 0 bridgehead atoms. The van der Waals surface area contributed by atoms with Gasteiger partial charge in [-0.25, -0.2) is 4.68 Å². The average molecular weight is 389 g/mol. The molecule has 0 unspecified atom stereocenters. The number of hydrogen-bond acceptors (Lipinski definition) is 5. The van der Waals surface area contributed by atoms with Crippen molar-refractivity contribution in [1.29, 1.82) is 0 Å². The van der Waals surface area contributed by atoms with Gasteiger partial charge in [-0.1, -0.05) is 0 Å². The summed E-state index contributed by atoms with van der Waals surface area (Å²) in [6.45, 7) is 0.463. The minimum atomic E-state index is 0.463. The van der Waals surface area contributed by atoms with Gasteiger partial charge in [0.1, 0.15) is 23.1 Å². The molecular weight excluding hydrogens is 373 g/mol. The van der Waals surface area contributed by atoms with Crippen LogP contribution in [0.3, 0.4) is 0 Å². The van der Waals surface area contributed by atoms with E-state index >= 15 is 0 Å². The predicted octanol–water partition coefficient (Wildman–Crippen LogP) is 2.14. The summed E-state index contributed by atoms with van der Waals surface area (Å²) in [5.74, 6) is 2.63. The summed E-state index contributed by atoms with van der Waals surface area (Å²) in [5, 5.41) is 4.25. The van der Waals surface area contributed by atoms with Gasteiger partial charge in [0.05, 0.1) is 43.2 Å². The molecule has 2 N–H and O–H groups in total. The Morgan fingerprint density at radius 2 is 1.75 bits per heavy atom. The Bertz CT molecular complexity index is 588. The molecule has 1 aromatic heterocycles. The molecule has 0 aliphatic carbocycles. The number of benzene rings is 1. The van der Waals surface area contributed by atoms with Crippen molar-refractivity contribution in [2.75, 3.05) is 27.1 Å². The van der Waals surface area contributed by atoms with Crippen molar-refractivity contribution in [3.8, 4) is 17.2 Å².